The Morgan fingerprint density at radius 1 is 1.21 bits per heavy atom. The first-order valence-corrected chi connectivity index (χ1v) is 6.84. The van der Waals surface area contributed by atoms with E-state index in [2.05, 4.69) is 5.32 Å². The van der Waals surface area contributed by atoms with Crippen molar-refractivity contribution < 1.29 is 13.2 Å². The van der Waals surface area contributed by atoms with Crippen LogP contribution in [0.2, 0.25) is 0 Å². The van der Waals surface area contributed by atoms with Crippen molar-refractivity contribution >= 4 is 0 Å². The van der Waals surface area contributed by atoms with Gasteiger partial charge < -0.3 is 5.32 Å². The summed E-state index contributed by atoms with van der Waals surface area (Å²) in [5.74, 6) is 0.700. The lowest BCUT2D eigenvalue weighted by Crippen LogP contribution is -2.27. The van der Waals surface area contributed by atoms with E-state index in [9.17, 15) is 13.2 Å². The molecule has 1 saturated carbocycles. The third-order valence-corrected chi connectivity index (χ3v) is 4.02. The monoisotopic (exact) mass is 271 g/mol. The molecule has 0 radical (unpaired) electrons. The second-order valence-electron chi connectivity index (χ2n) is 5.33. The molecule has 2 atom stereocenters. The van der Waals surface area contributed by atoms with E-state index in [0.717, 1.165) is 37.4 Å². The van der Waals surface area contributed by atoms with Crippen LogP contribution < -0.4 is 5.32 Å². The van der Waals surface area contributed by atoms with Crippen LogP contribution in [-0.4, -0.2) is 13.6 Å². The lowest BCUT2D eigenvalue weighted by molar-refractivity contribution is -0.137. The van der Waals surface area contributed by atoms with Crippen molar-refractivity contribution in [3.8, 4) is 0 Å². The minimum atomic E-state index is -4.25. The summed E-state index contributed by atoms with van der Waals surface area (Å²) in [6, 6.07) is 5.86. The molecular weight excluding hydrogens is 251 g/mol. The van der Waals surface area contributed by atoms with Crippen LogP contribution in [0.4, 0.5) is 13.2 Å². The molecule has 1 aromatic rings. The van der Waals surface area contributed by atoms with E-state index in [1.54, 1.807) is 0 Å². The SMILES string of the molecule is CNCC1CCCCC1c1cccc(C(F)(F)F)c1. The van der Waals surface area contributed by atoms with Crippen molar-refractivity contribution in [2.24, 2.45) is 5.92 Å². The van der Waals surface area contributed by atoms with E-state index in [0.29, 0.717) is 5.92 Å². The van der Waals surface area contributed by atoms with E-state index < -0.39 is 11.7 Å². The van der Waals surface area contributed by atoms with Gasteiger partial charge in [0.05, 0.1) is 5.56 Å². The fourth-order valence-corrected chi connectivity index (χ4v) is 3.10. The van der Waals surface area contributed by atoms with Gasteiger partial charge in [-0.3, -0.25) is 0 Å². The Labute approximate surface area is 112 Å². The third-order valence-electron chi connectivity index (χ3n) is 4.02. The molecule has 0 aromatic heterocycles. The Morgan fingerprint density at radius 2 is 1.95 bits per heavy atom. The number of alkyl halides is 3. The van der Waals surface area contributed by atoms with Gasteiger partial charge in [0, 0.05) is 0 Å². The second kappa shape index (κ2) is 5.95. The highest BCUT2D eigenvalue weighted by atomic mass is 19.4. The molecule has 1 aliphatic rings. The summed E-state index contributed by atoms with van der Waals surface area (Å²) >= 11 is 0. The summed E-state index contributed by atoms with van der Waals surface area (Å²) in [7, 11) is 1.90. The van der Waals surface area contributed by atoms with E-state index >= 15 is 0 Å². The summed E-state index contributed by atoms with van der Waals surface area (Å²) in [6.45, 7) is 0.876. The fourth-order valence-electron chi connectivity index (χ4n) is 3.10. The molecule has 1 N–H and O–H groups in total. The van der Waals surface area contributed by atoms with Gasteiger partial charge in [-0.05, 0) is 49.9 Å². The predicted molar refractivity (Wildman–Crippen MR) is 70.1 cm³/mol. The number of hydrogen-bond acceptors (Lipinski definition) is 1. The Balaban J connectivity index is 2.24. The average molecular weight is 271 g/mol. The molecule has 0 aliphatic heterocycles. The van der Waals surface area contributed by atoms with Gasteiger partial charge in [-0.1, -0.05) is 31.0 Å². The second-order valence-corrected chi connectivity index (χ2v) is 5.33. The first-order chi connectivity index (χ1) is 9.02. The maximum Gasteiger partial charge on any atom is 0.416 e. The summed E-state index contributed by atoms with van der Waals surface area (Å²) in [4.78, 5) is 0. The fraction of sp³-hybridized carbons (Fsp3) is 0.600. The van der Waals surface area contributed by atoms with Crippen molar-refractivity contribution in [3.05, 3.63) is 35.4 Å². The molecule has 0 saturated heterocycles. The van der Waals surface area contributed by atoms with Crippen LogP contribution in [0.1, 0.15) is 42.7 Å². The van der Waals surface area contributed by atoms with Crippen molar-refractivity contribution in [1.82, 2.24) is 5.32 Å². The number of benzene rings is 1. The summed E-state index contributed by atoms with van der Waals surface area (Å²) in [5.41, 5.74) is 0.313. The van der Waals surface area contributed by atoms with Crippen LogP contribution >= 0.6 is 0 Å². The molecule has 2 unspecified atom stereocenters. The highest BCUT2D eigenvalue weighted by molar-refractivity contribution is 5.29. The molecule has 4 heteroatoms. The molecule has 1 aliphatic carbocycles. The Hall–Kier alpha value is -1.03. The highest BCUT2D eigenvalue weighted by Gasteiger charge is 2.32. The maximum absolute atomic E-state index is 12.8. The van der Waals surface area contributed by atoms with Crippen LogP contribution in [0.25, 0.3) is 0 Å². The summed E-state index contributed by atoms with van der Waals surface area (Å²) < 4.78 is 38.3. The van der Waals surface area contributed by atoms with E-state index in [1.807, 2.05) is 13.1 Å². The summed E-state index contributed by atoms with van der Waals surface area (Å²) in [6.07, 6.45) is 0.140. The van der Waals surface area contributed by atoms with Gasteiger partial charge in [0.25, 0.3) is 0 Å². The van der Waals surface area contributed by atoms with Crippen LogP contribution in [0.15, 0.2) is 24.3 Å². The van der Waals surface area contributed by atoms with Gasteiger partial charge in [0.15, 0.2) is 0 Å². The largest absolute Gasteiger partial charge is 0.416 e. The van der Waals surface area contributed by atoms with Crippen molar-refractivity contribution in [3.63, 3.8) is 0 Å². The quantitative estimate of drug-likeness (QED) is 0.868. The molecule has 1 aromatic carbocycles. The number of hydrogen-bond donors (Lipinski definition) is 1. The molecule has 1 nitrogen and oxygen atoms in total. The molecule has 0 heterocycles. The minimum Gasteiger partial charge on any atom is -0.319 e. The van der Waals surface area contributed by atoms with Crippen molar-refractivity contribution in [2.75, 3.05) is 13.6 Å². The zero-order chi connectivity index (χ0) is 13.9. The van der Waals surface area contributed by atoms with Gasteiger partial charge in [-0.2, -0.15) is 13.2 Å². The van der Waals surface area contributed by atoms with E-state index in [-0.39, 0.29) is 5.92 Å². The Kier molecular flexibility index (Phi) is 4.50. The number of rotatable bonds is 3. The van der Waals surface area contributed by atoms with Gasteiger partial charge >= 0.3 is 6.18 Å². The number of nitrogens with one attached hydrogen (secondary N) is 1. The normalized spacial score (nSPS) is 24.4. The molecule has 0 amide bonds. The van der Waals surface area contributed by atoms with Crippen molar-refractivity contribution in [1.29, 1.82) is 0 Å². The van der Waals surface area contributed by atoms with E-state index in [1.165, 1.54) is 18.6 Å². The topological polar surface area (TPSA) is 12.0 Å². The first kappa shape index (κ1) is 14.4. The van der Waals surface area contributed by atoms with Gasteiger partial charge in [0.2, 0.25) is 0 Å². The van der Waals surface area contributed by atoms with E-state index in [4.69, 9.17) is 0 Å². The lowest BCUT2D eigenvalue weighted by atomic mass is 9.75. The van der Waals surface area contributed by atoms with Gasteiger partial charge in [-0.15, -0.1) is 0 Å². The zero-order valence-electron chi connectivity index (χ0n) is 11.1. The molecule has 2 rings (SSSR count). The average Bonchev–Trinajstić information content (AvgIpc) is 2.39. The van der Waals surface area contributed by atoms with Gasteiger partial charge in [-0.25, -0.2) is 0 Å². The molecule has 106 valence electrons. The molecule has 19 heavy (non-hydrogen) atoms. The summed E-state index contributed by atoms with van der Waals surface area (Å²) in [5, 5.41) is 3.16. The van der Waals surface area contributed by atoms with Crippen LogP contribution in [0.3, 0.4) is 0 Å². The molecule has 0 spiro atoms. The molecule has 1 fully saturated rings. The Bertz CT molecular complexity index is 412. The number of halogens is 3. The Morgan fingerprint density at radius 3 is 2.63 bits per heavy atom. The van der Waals surface area contributed by atoms with Crippen LogP contribution in [0, 0.1) is 5.92 Å². The highest BCUT2D eigenvalue weighted by Crippen LogP contribution is 2.39. The van der Waals surface area contributed by atoms with Gasteiger partial charge in [0.1, 0.15) is 0 Å². The first-order valence-electron chi connectivity index (χ1n) is 6.84. The molecular formula is C15H20F3N. The van der Waals surface area contributed by atoms with Crippen LogP contribution in [0.5, 0.6) is 0 Å². The smallest absolute Gasteiger partial charge is 0.319 e. The zero-order valence-corrected chi connectivity index (χ0v) is 11.1. The van der Waals surface area contributed by atoms with Crippen molar-refractivity contribution in [2.45, 2.75) is 37.8 Å². The maximum atomic E-state index is 12.8. The lowest BCUT2D eigenvalue weighted by Gasteiger charge is -2.32. The standard InChI is InChI=1S/C15H20F3N/c1-19-10-12-5-2-3-8-14(12)11-6-4-7-13(9-11)15(16,17)18/h4,6-7,9,12,14,19H,2-3,5,8,10H2,1H3. The third kappa shape index (κ3) is 3.50. The minimum absolute atomic E-state index is 0.253. The molecule has 0 bridgehead atoms. The predicted octanol–water partition coefficient (Wildman–Crippen LogP) is 4.20. The van der Waals surface area contributed by atoms with Crippen LogP contribution in [-0.2, 0) is 6.18 Å².